The van der Waals surface area contributed by atoms with Gasteiger partial charge in [-0.2, -0.15) is 0 Å². The molecule has 27 heavy (non-hydrogen) atoms. The maximum Gasteiger partial charge on any atom is 0.270 e. The highest BCUT2D eigenvalue weighted by molar-refractivity contribution is 6.01. The van der Waals surface area contributed by atoms with Crippen LogP contribution in [0.15, 0.2) is 60.6 Å². The topological polar surface area (TPSA) is 62.3 Å². The van der Waals surface area contributed by atoms with Gasteiger partial charge >= 0.3 is 0 Å². The SMILES string of the molecule is CC(=O)N/C(=C\c1ccccc1)C(=O)N1CCC2(c3cccnc3)CC2C1. The fraction of sp³-hybridized carbons (Fsp3) is 0.318. The van der Waals surface area contributed by atoms with Crippen molar-refractivity contribution >= 4 is 17.9 Å². The first-order chi connectivity index (χ1) is 13.1. The van der Waals surface area contributed by atoms with Gasteiger partial charge in [0.25, 0.3) is 5.91 Å². The van der Waals surface area contributed by atoms with Crippen molar-refractivity contribution in [1.82, 2.24) is 15.2 Å². The molecule has 5 heteroatoms. The molecular formula is C22H23N3O2. The van der Waals surface area contributed by atoms with Crippen molar-refractivity contribution in [3.05, 3.63) is 71.7 Å². The van der Waals surface area contributed by atoms with Crippen molar-refractivity contribution in [2.45, 2.75) is 25.2 Å². The third-order valence-corrected chi connectivity index (χ3v) is 5.68. The van der Waals surface area contributed by atoms with E-state index in [-0.39, 0.29) is 17.2 Å². The molecule has 0 bridgehead atoms. The van der Waals surface area contributed by atoms with Gasteiger partial charge in [0.05, 0.1) is 0 Å². The van der Waals surface area contributed by atoms with Crippen LogP contribution >= 0.6 is 0 Å². The zero-order chi connectivity index (χ0) is 18.9. The number of piperidine rings is 1. The highest BCUT2D eigenvalue weighted by Crippen LogP contribution is 2.59. The van der Waals surface area contributed by atoms with E-state index in [1.54, 1.807) is 12.3 Å². The van der Waals surface area contributed by atoms with Gasteiger partial charge in [0.1, 0.15) is 5.70 Å². The minimum atomic E-state index is -0.237. The largest absolute Gasteiger partial charge is 0.337 e. The fourth-order valence-corrected chi connectivity index (χ4v) is 4.18. The summed E-state index contributed by atoms with van der Waals surface area (Å²) in [6, 6.07) is 13.7. The van der Waals surface area contributed by atoms with Crippen LogP contribution in [0.25, 0.3) is 6.08 Å². The molecule has 4 rings (SSSR count). The highest BCUT2D eigenvalue weighted by atomic mass is 16.2. The minimum absolute atomic E-state index is 0.110. The number of likely N-dealkylation sites (tertiary alicyclic amines) is 1. The molecule has 1 saturated carbocycles. The van der Waals surface area contributed by atoms with E-state index in [1.165, 1.54) is 12.5 Å². The van der Waals surface area contributed by atoms with Gasteiger partial charge in [-0.1, -0.05) is 36.4 Å². The molecule has 5 nitrogen and oxygen atoms in total. The normalized spacial score (nSPS) is 24.1. The van der Waals surface area contributed by atoms with Crippen LogP contribution in [-0.2, 0) is 15.0 Å². The summed E-state index contributed by atoms with van der Waals surface area (Å²) in [6.07, 6.45) is 7.54. The van der Waals surface area contributed by atoms with Gasteiger partial charge in [-0.05, 0) is 42.0 Å². The summed E-state index contributed by atoms with van der Waals surface area (Å²) in [5, 5.41) is 2.72. The molecule has 2 atom stereocenters. The van der Waals surface area contributed by atoms with Crippen molar-refractivity contribution in [3.8, 4) is 0 Å². The van der Waals surface area contributed by atoms with Gasteiger partial charge in [0, 0.05) is 37.8 Å². The number of benzene rings is 1. The standard InChI is InChI=1S/C22H23N3O2/c1-16(26)24-20(12-17-6-3-2-4-7-17)21(27)25-11-9-22(13-19(22)15-25)18-8-5-10-23-14-18/h2-8,10,12,14,19H,9,11,13,15H2,1H3,(H,24,26)/b20-12-. The summed E-state index contributed by atoms with van der Waals surface area (Å²) in [6.45, 7) is 2.84. The maximum atomic E-state index is 13.1. The molecule has 1 saturated heterocycles. The Morgan fingerprint density at radius 3 is 2.70 bits per heavy atom. The number of pyridine rings is 1. The lowest BCUT2D eigenvalue weighted by Gasteiger charge is -2.32. The van der Waals surface area contributed by atoms with Crippen molar-refractivity contribution < 1.29 is 9.59 Å². The Morgan fingerprint density at radius 1 is 1.22 bits per heavy atom. The molecule has 1 N–H and O–H groups in total. The summed E-state index contributed by atoms with van der Waals surface area (Å²) in [4.78, 5) is 30.8. The van der Waals surface area contributed by atoms with E-state index in [1.807, 2.05) is 47.5 Å². The van der Waals surface area contributed by atoms with Gasteiger partial charge in [0.2, 0.25) is 5.91 Å². The average Bonchev–Trinajstić information content (AvgIpc) is 3.43. The first-order valence-electron chi connectivity index (χ1n) is 9.33. The number of hydrogen-bond donors (Lipinski definition) is 1. The summed E-state index contributed by atoms with van der Waals surface area (Å²) in [5.74, 6) is 0.120. The smallest absolute Gasteiger partial charge is 0.270 e. The third-order valence-electron chi connectivity index (χ3n) is 5.68. The molecule has 1 aromatic heterocycles. The van der Waals surface area contributed by atoms with E-state index in [0.717, 1.165) is 24.9 Å². The van der Waals surface area contributed by atoms with Crippen LogP contribution in [0.1, 0.15) is 30.9 Å². The monoisotopic (exact) mass is 361 g/mol. The number of carbonyl (C=O) groups excluding carboxylic acids is 2. The fourth-order valence-electron chi connectivity index (χ4n) is 4.18. The number of nitrogens with zero attached hydrogens (tertiary/aromatic N) is 2. The van der Waals surface area contributed by atoms with E-state index < -0.39 is 0 Å². The van der Waals surface area contributed by atoms with Crippen LogP contribution in [0.3, 0.4) is 0 Å². The Hall–Kier alpha value is -2.95. The zero-order valence-corrected chi connectivity index (χ0v) is 15.4. The van der Waals surface area contributed by atoms with Gasteiger partial charge in [-0.25, -0.2) is 0 Å². The summed E-state index contributed by atoms with van der Waals surface area (Å²) in [5.41, 5.74) is 2.69. The Balaban J connectivity index is 1.51. The lowest BCUT2D eigenvalue weighted by atomic mass is 9.88. The van der Waals surface area contributed by atoms with Crippen LogP contribution in [0.5, 0.6) is 0 Å². The summed E-state index contributed by atoms with van der Waals surface area (Å²) >= 11 is 0. The molecule has 2 fully saturated rings. The lowest BCUT2D eigenvalue weighted by molar-refractivity contribution is -0.130. The van der Waals surface area contributed by atoms with E-state index in [0.29, 0.717) is 18.2 Å². The number of rotatable bonds is 4. The predicted molar refractivity (Wildman–Crippen MR) is 103 cm³/mol. The Labute approximate surface area is 159 Å². The van der Waals surface area contributed by atoms with Crippen LogP contribution in [0.4, 0.5) is 0 Å². The average molecular weight is 361 g/mol. The van der Waals surface area contributed by atoms with Gasteiger partial charge in [-0.3, -0.25) is 14.6 Å². The molecule has 0 radical (unpaired) electrons. The van der Waals surface area contributed by atoms with E-state index >= 15 is 0 Å². The van der Waals surface area contributed by atoms with Gasteiger partial charge in [-0.15, -0.1) is 0 Å². The number of aromatic nitrogens is 1. The minimum Gasteiger partial charge on any atom is -0.337 e. The zero-order valence-electron chi connectivity index (χ0n) is 15.4. The molecule has 0 spiro atoms. The van der Waals surface area contributed by atoms with Gasteiger partial charge < -0.3 is 10.2 Å². The molecule has 1 aliphatic heterocycles. The second-order valence-electron chi connectivity index (χ2n) is 7.45. The molecule has 138 valence electrons. The van der Waals surface area contributed by atoms with Crippen molar-refractivity contribution in [2.75, 3.05) is 13.1 Å². The summed E-state index contributed by atoms with van der Waals surface area (Å²) < 4.78 is 0. The van der Waals surface area contributed by atoms with Crippen LogP contribution < -0.4 is 5.32 Å². The van der Waals surface area contributed by atoms with Gasteiger partial charge in [0.15, 0.2) is 0 Å². The third kappa shape index (κ3) is 3.50. The predicted octanol–water partition coefficient (Wildman–Crippen LogP) is 2.75. The van der Waals surface area contributed by atoms with Crippen LogP contribution in [0.2, 0.25) is 0 Å². The lowest BCUT2D eigenvalue weighted by Crippen LogP contribution is -2.43. The molecule has 2 amide bonds. The molecular weight excluding hydrogens is 338 g/mol. The second kappa shape index (κ2) is 6.99. The quantitative estimate of drug-likeness (QED) is 0.852. The second-order valence-corrected chi connectivity index (χ2v) is 7.45. The molecule has 2 aliphatic rings. The Morgan fingerprint density at radius 2 is 2.04 bits per heavy atom. The van der Waals surface area contributed by atoms with Crippen molar-refractivity contribution in [2.24, 2.45) is 5.92 Å². The Bertz CT molecular complexity index is 879. The number of carbonyl (C=O) groups is 2. The molecule has 1 aromatic carbocycles. The number of hydrogen-bond acceptors (Lipinski definition) is 3. The maximum absolute atomic E-state index is 13.1. The van der Waals surface area contributed by atoms with E-state index in [9.17, 15) is 9.59 Å². The first-order valence-corrected chi connectivity index (χ1v) is 9.33. The highest BCUT2D eigenvalue weighted by Gasteiger charge is 2.58. The number of amides is 2. The first kappa shape index (κ1) is 17.5. The molecule has 1 aliphatic carbocycles. The number of nitrogens with one attached hydrogen (secondary N) is 1. The van der Waals surface area contributed by atoms with Crippen LogP contribution in [-0.4, -0.2) is 34.8 Å². The van der Waals surface area contributed by atoms with E-state index in [2.05, 4.69) is 16.4 Å². The van der Waals surface area contributed by atoms with E-state index in [4.69, 9.17) is 0 Å². The van der Waals surface area contributed by atoms with Crippen molar-refractivity contribution in [3.63, 3.8) is 0 Å². The molecule has 2 heterocycles. The molecule has 2 unspecified atom stereocenters. The van der Waals surface area contributed by atoms with Crippen LogP contribution in [0, 0.1) is 5.92 Å². The number of fused-ring (bicyclic) bond motifs is 1. The summed E-state index contributed by atoms with van der Waals surface area (Å²) in [7, 11) is 0. The Kier molecular flexibility index (Phi) is 4.52. The molecule has 2 aromatic rings. The van der Waals surface area contributed by atoms with Crippen molar-refractivity contribution in [1.29, 1.82) is 0 Å².